The SMILES string of the molecule is COC(=O)c1ccccc1NC(=O)c1cc(NC2CCS(=O)(=O)C2)ncn1. The van der Waals surface area contributed by atoms with Crippen LogP contribution in [0.5, 0.6) is 0 Å². The Morgan fingerprint density at radius 1 is 1.22 bits per heavy atom. The number of hydrogen-bond acceptors (Lipinski definition) is 8. The average Bonchev–Trinajstić information content (AvgIpc) is 3.00. The molecule has 10 heteroatoms. The fourth-order valence-electron chi connectivity index (χ4n) is 2.74. The van der Waals surface area contributed by atoms with Crippen molar-refractivity contribution in [2.24, 2.45) is 0 Å². The number of amides is 1. The van der Waals surface area contributed by atoms with Gasteiger partial charge in [0, 0.05) is 12.1 Å². The number of hydrogen-bond donors (Lipinski definition) is 2. The Morgan fingerprint density at radius 2 is 2.00 bits per heavy atom. The lowest BCUT2D eigenvalue weighted by Crippen LogP contribution is -2.22. The van der Waals surface area contributed by atoms with E-state index in [0.717, 1.165) is 0 Å². The van der Waals surface area contributed by atoms with Gasteiger partial charge in [-0.25, -0.2) is 23.2 Å². The second-order valence-electron chi connectivity index (χ2n) is 6.02. The zero-order chi connectivity index (χ0) is 19.4. The van der Waals surface area contributed by atoms with Crippen LogP contribution in [0.15, 0.2) is 36.7 Å². The highest BCUT2D eigenvalue weighted by atomic mass is 32.2. The maximum absolute atomic E-state index is 12.5. The van der Waals surface area contributed by atoms with Crippen LogP contribution in [0.3, 0.4) is 0 Å². The van der Waals surface area contributed by atoms with Gasteiger partial charge in [-0.2, -0.15) is 0 Å². The zero-order valence-electron chi connectivity index (χ0n) is 14.5. The predicted molar refractivity (Wildman–Crippen MR) is 98.4 cm³/mol. The highest BCUT2D eigenvalue weighted by Gasteiger charge is 2.28. The predicted octanol–water partition coefficient (Wildman–Crippen LogP) is 1.11. The lowest BCUT2D eigenvalue weighted by atomic mass is 10.1. The van der Waals surface area contributed by atoms with Crippen LogP contribution in [0.2, 0.25) is 0 Å². The van der Waals surface area contributed by atoms with Gasteiger partial charge >= 0.3 is 5.97 Å². The van der Waals surface area contributed by atoms with Crippen LogP contribution < -0.4 is 10.6 Å². The number of anilines is 2. The van der Waals surface area contributed by atoms with E-state index >= 15 is 0 Å². The number of para-hydroxylation sites is 1. The van der Waals surface area contributed by atoms with E-state index < -0.39 is 21.7 Å². The molecule has 1 saturated heterocycles. The second-order valence-corrected chi connectivity index (χ2v) is 8.25. The number of carbonyl (C=O) groups is 2. The average molecular weight is 390 g/mol. The normalized spacial score (nSPS) is 17.9. The molecule has 0 spiro atoms. The van der Waals surface area contributed by atoms with Crippen molar-refractivity contribution in [1.29, 1.82) is 0 Å². The summed E-state index contributed by atoms with van der Waals surface area (Å²) < 4.78 is 27.8. The van der Waals surface area contributed by atoms with Crippen LogP contribution in [0, 0.1) is 0 Å². The lowest BCUT2D eigenvalue weighted by Gasteiger charge is -2.12. The smallest absolute Gasteiger partial charge is 0.339 e. The molecule has 0 saturated carbocycles. The first-order valence-electron chi connectivity index (χ1n) is 8.15. The number of benzene rings is 1. The highest BCUT2D eigenvalue weighted by molar-refractivity contribution is 7.91. The van der Waals surface area contributed by atoms with Crippen LogP contribution >= 0.6 is 0 Å². The molecule has 1 atom stereocenters. The van der Waals surface area contributed by atoms with E-state index in [1.54, 1.807) is 18.2 Å². The molecule has 27 heavy (non-hydrogen) atoms. The van der Waals surface area contributed by atoms with Crippen molar-refractivity contribution in [3.05, 3.63) is 47.9 Å². The molecule has 0 aliphatic carbocycles. The number of carbonyl (C=O) groups excluding carboxylic acids is 2. The molecule has 9 nitrogen and oxygen atoms in total. The minimum absolute atomic E-state index is 0.0328. The van der Waals surface area contributed by atoms with Crippen molar-refractivity contribution in [1.82, 2.24) is 9.97 Å². The summed E-state index contributed by atoms with van der Waals surface area (Å²) in [6.07, 6.45) is 1.70. The Balaban J connectivity index is 1.74. The monoisotopic (exact) mass is 390 g/mol. The molecule has 1 aromatic carbocycles. The van der Waals surface area contributed by atoms with Gasteiger partial charge in [-0.15, -0.1) is 0 Å². The molecule has 1 aromatic heterocycles. The number of ether oxygens (including phenoxy) is 1. The summed E-state index contributed by atoms with van der Waals surface area (Å²) in [5.74, 6) is -0.578. The van der Waals surface area contributed by atoms with Crippen molar-refractivity contribution in [2.75, 3.05) is 29.2 Å². The summed E-state index contributed by atoms with van der Waals surface area (Å²) in [5.41, 5.74) is 0.592. The third-order valence-electron chi connectivity index (χ3n) is 4.06. The Labute approximate surface area is 156 Å². The van der Waals surface area contributed by atoms with Gasteiger partial charge in [-0.3, -0.25) is 4.79 Å². The zero-order valence-corrected chi connectivity index (χ0v) is 15.3. The first-order valence-corrected chi connectivity index (χ1v) is 9.98. The summed E-state index contributed by atoms with van der Waals surface area (Å²) in [6.45, 7) is 0. The quantitative estimate of drug-likeness (QED) is 0.727. The molecule has 0 bridgehead atoms. The third-order valence-corrected chi connectivity index (χ3v) is 5.83. The van der Waals surface area contributed by atoms with E-state index in [9.17, 15) is 18.0 Å². The van der Waals surface area contributed by atoms with Crippen LogP contribution in [-0.4, -0.2) is 54.9 Å². The molecule has 1 amide bonds. The number of nitrogens with zero attached hydrogens (tertiary/aromatic N) is 2. The third kappa shape index (κ3) is 4.59. The Hall–Kier alpha value is -3.01. The molecule has 2 aromatic rings. The molecule has 2 N–H and O–H groups in total. The van der Waals surface area contributed by atoms with Gasteiger partial charge in [-0.1, -0.05) is 12.1 Å². The first-order chi connectivity index (χ1) is 12.9. The molecular formula is C17H18N4O5S. The number of nitrogens with one attached hydrogen (secondary N) is 2. The maximum Gasteiger partial charge on any atom is 0.339 e. The summed E-state index contributed by atoms with van der Waals surface area (Å²) in [7, 11) is -1.77. The van der Waals surface area contributed by atoms with Gasteiger partial charge < -0.3 is 15.4 Å². The van der Waals surface area contributed by atoms with E-state index in [1.165, 1.54) is 25.6 Å². The molecule has 0 radical (unpaired) electrons. The van der Waals surface area contributed by atoms with Gasteiger partial charge in [0.15, 0.2) is 9.84 Å². The van der Waals surface area contributed by atoms with Gasteiger partial charge in [0.2, 0.25) is 0 Å². The summed E-state index contributed by atoms with van der Waals surface area (Å²) >= 11 is 0. The Morgan fingerprint density at radius 3 is 2.70 bits per heavy atom. The van der Waals surface area contributed by atoms with Gasteiger partial charge in [0.25, 0.3) is 5.91 Å². The van der Waals surface area contributed by atoms with E-state index in [-0.39, 0.29) is 28.8 Å². The minimum atomic E-state index is -3.03. The standard InChI is InChI=1S/C17H18N4O5S/c1-26-17(23)12-4-2-3-5-13(12)21-16(22)14-8-15(19-10-18-14)20-11-6-7-27(24,25)9-11/h2-5,8,10-11H,6-7,9H2,1H3,(H,21,22)(H,18,19,20). The molecule has 1 unspecified atom stereocenters. The first kappa shape index (κ1) is 18.8. The van der Waals surface area contributed by atoms with Gasteiger partial charge in [0.05, 0.1) is 29.9 Å². The fourth-order valence-corrected chi connectivity index (χ4v) is 4.42. The molecule has 2 heterocycles. The maximum atomic E-state index is 12.5. The molecule has 142 valence electrons. The largest absolute Gasteiger partial charge is 0.465 e. The molecule has 1 aliphatic rings. The van der Waals surface area contributed by atoms with Crippen molar-refractivity contribution in [3.8, 4) is 0 Å². The summed E-state index contributed by atoms with van der Waals surface area (Å²) in [5, 5.41) is 5.63. The van der Waals surface area contributed by atoms with E-state index in [0.29, 0.717) is 17.9 Å². The molecular weight excluding hydrogens is 372 g/mol. The van der Waals surface area contributed by atoms with Crippen molar-refractivity contribution < 1.29 is 22.7 Å². The van der Waals surface area contributed by atoms with Crippen molar-refractivity contribution in [2.45, 2.75) is 12.5 Å². The van der Waals surface area contributed by atoms with Crippen LogP contribution in [0.4, 0.5) is 11.5 Å². The lowest BCUT2D eigenvalue weighted by molar-refractivity contribution is 0.0602. The molecule has 3 rings (SSSR count). The highest BCUT2D eigenvalue weighted by Crippen LogP contribution is 2.19. The number of esters is 1. The van der Waals surface area contributed by atoms with Crippen molar-refractivity contribution in [3.63, 3.8) is 0 Å². The Kier molecular flexibility index (Phi) is 5.36. The number of sulfone groups is 1. The topological polar surface area (TPSA) is 127 Å². The summed E-state index contributed by atoms with van der Waals surface area (Å²) in [6, 6.07) is 7.63. The number of aromatic nitrogens is 2. The van der Waals surface area contributed by atoms with E-state index in [1.807, 2.05) is 0 Å². The summed E-state index contributed by atoms with van der Waals surface area (Å²) in [4.78, 5) is 32.3. The van der Waals surface area contributed by atoms with Crippen molar-refractivity contribution >= 4 is 33.2 Å². The van der Waals surface area contributed by atoms with Crippen LogP contribution in [-0.2, 0) is 14.6 Å². The number of rotatable bonds is 5. The van der Waals surface area contributed by atoms with Gasteiger partial charge in [0.1, 0.15) is 17.8 Å². The fraction of sp³-hybridized carbons (Fsp3) is 0.294. The molecule has 1 aliphatic heterocycles. The molecule has 1 fully saturated rings. The van der Waals surface area contributed by atoms with E-state index in [2.05, 4.69) is 20.6 Å². The van der Waals surface area contributed by atoms with Gasteiger partial charge in [-0.05, 0) is 18.6 Å². The minimum Gasteiger partial charge on any atom is -0.465 e. The number of methoxy groups -OCH3 is 1. The Bertz CT molecular complexity index is 977. The van der Waals surface area contributed by atoms with Crippen LogP contribution in [0.25, 0.3) is 0 Å². The van der Waals surface area contributed by atoms with Crippen LogP contribution in [0.1, 0.15) is 27.3 Å². The second kappa shape index (κ2) is 7.70. The van der Waals surface area contributed by atoms with E-state index in [4.69, 9.17) is 4.74 Å².